The van der Waals surface area contributed by atoms with Gasteiger partial charge in [-0.2, -0.15) is 0 Å². The zero-order valence-electron chi connectivity index (χ0n) is 14.8. The lowest BCUT2D eigenvalue weighted by atomic mass is 10.0. The molecule has 1 saturated heterocycles. The molecule has 26 heavy (non-hydrogen) atoms. The van der Waals surface area contributed by atoms with E-state index in [4.69, 9.17) is 4.74 Å². The number of hydrogen-bond acceptors (Lipinski definition) is 3. The van der Waals surface area contributed by atoms with E-state index in [-0.39, 0.29) is 11.5 Å². The van der Waals surface area contributed by atoms with Crippen LogP contribution in [0.3, 0.4) is 0 Å². The summed E-state index contributed by atoms with van der Waals surface area (Å²) in [6.07, 6.45) is 0. The normalized spacial score (nSPS) is 16.2. The molecule has 2 aromatic rings. The number of ether oxygens (including phenoxy) is 1. The Kier molecular flexibility index (Phi) is 5.04. The van der Waals surface area contributed by atoms with E-state index in [0.29, 0.717) is 31.0 Å². The van der Waals surface area contributed by atoms with Gasteiger partial charge in [-0.25, -0.2) is 4.39 Å². The first-order chi connectivity index (χ1) is 12.4. The lowest BCUT2D eigenvalue weighted by Crippen LogP contribution is -2.55. The predicted octanol–water partition coefficient (Wildman–Crippen LogP) is 3.33. The van der Waals surface area contributed by atoms with Crippen LogP contribution >= 0.6 is 0 Å². The lowest BCUT2D eigenvalue weighted by molar-refractivity contribution is -0.0370. The second-order valence-corrected chi connectivity index (χ2v) is 6.87. The van der Waals surface area contributed by atoms with Crippen molar-refractivity contribution in [1.82, 2.24) is 4.90 Å². The van der Waals surface area contributed by atoms with Crippen LogP contribution in [0.2, 0.25) is 0 Å². The third-order valence-corrected chi connectivity index (χ3v) is 4.34. The number of benzene rings is 2. The van der Waals surface area contributed by atoms with Crippen LogP contribution in [0, 0.1) is 5.82 Å². The van der Waals surface area contributed by atoms with E-state index in [1.165, 1.54) is 24.3 Å². The van der Waals surface area contributed by atoms with Crippen LogP contribution in [0.25, 0.3) is 0 Å². The molecule has 0 spiro atoms. The zero-order chi connectivity index (χ0) is 18.7. The summed E-state index contributed by atoms with van der Waals surface area (Å²) in [6.45, 7) is 5.42. The second kappa shape index (κ2) is 7.25. The predicted molar refractivity (Wildman–Crippen MR) is 96.7 cm³/mol. The number of amides is 2. The number of halogens is 1. The molecule has 1 heterocycles. The highest BCUT2D eigenvalue weighted by Gasteiger charge is 2.34. The molecule has 0 saturated carbocycles. The number of hydrogen-bond donors (Lipinski definition) is 1. The van der Waals surface area contributed by atoms with Gasteiger partial charge in [0.05, 0.1) is 18.8 Å². The monoisotopic (exact) mass is 356 g/mol. The Morgan fingerprint density at radius 2 is 1.85 bits per heavy atom. The largest absolute Gasteiger partial charge is 0.377 e. The van der Waals surface area contributed by atoms with Crippen LogP contribution in [0.15, 0.2) is 48.5 Å². The first-order valence-corrected chi connectivity index (χ1v) is 8.43. The first-order valence-electron chi connectivity index (χ1n) is 8.43. The molecule has 6 heteroatoms. The highest BCUT2D eigenvalue weighted by molar-refractivity contribution is 6.05. The van der Waals surface area contributed by atoms with Crippen molar-refractivity contribution in [3.8, 4) is 0 Å². The number of morpholine rings is 1. The van der Waals surface area contributed by atoms with Gasteiger partial charge in [-0.3, -0.25) is 9.59 Å². The van der Waals surface area contributed by atoms with E-state index in [2.05, 4.69) is 5.32 Å². The SMILES string of the molecule is CC1(C)COCCN1C(=O)c1cccc(NC(=O)c2cccc(F)c2)c1. The van der Waals surface area contributed by atoms with E-state index in [1.54, 1.807) is 29.2 Å². The second-order valence-electron chi connectivity index (χ2n) is 6.87. The highest BCUT2D eigenvalue weighted by Crippen LogP contribution is 2.23. The Morgan fingerprint density at radius 3 is 2.58 bits per heavy atom. The number of carbonyl (C=O) groups excluding carboxylic acids is 2. The van der Waals surface area contributed by atoms with E-state index in [9.17, 15) is 14.0 Å². The smallest absolute Gasteiger partial charge is 0.255 e. The van der Waals surface area contributed by atoms with Crippen LogP contribution in [0.4, 0.5) is 10.1 Å². The fourth-order valence-electron chi connectivity index (χ4n) is 2.95. The van der Waals surface area contributed by atoms with Gasteiger partial charge in [0.2, 0.25) is 0 Å². The molecule has 0 unspecified atom stereocenters. The molecule has 2 aromatic carbocycles. The van der Waals surface area contributed by atoms with Crippen LogP contribution < -0.4 is 5.32 Å². The minimum Gasteiger partial charge on any atom is -0.377 e. The van der Waals surface area contributed by atoms with E-state index >= 15 is 0 Å². The maximum Gasteiger partial charge on any atom is 0.255 e. The number of rotatable bonds is 3. The van der Waals surface area contributed by atoms with Crippen molar-refractivity contribution in [3.63, 3.8) is 0 Å². The molecule has 0 aliphatic carbocycles. The quantitative estimate of drug-likeness (QED) is 0.918. The molecule has 1 fully saturated rings. The molecule has 1 aliphatic rings. The average Bonchev–Trinajstić information content (AvgIpc) is 2.61. The summed E-state index contributed by atoms with van der Waals surface area (Å²) < 4.78 is 18.7. The fourth-order valence-corrected chi connectivity index (χ4v) is 2.95. The summed E-state index contributed by atoms with van der Waals surface area (Å²) in [5, 5.41) is 2.70. The van der Waals surface area contributed by atoms with Crippen LogP contribution in [-0.2, 0) is 4.74 Å². The minimum absolute atomic E-state index is 0.111. The van der Waals surface area contributed by atoms with Crippen molar-refractivity contribution in [2.75, 3.05) is 25.1 Å². The molecule has 0 atom stereocenters. The minimum atomic E-state index is -0.476. The van der Waals surface area contributed by atoms with Gasteiger partial charge in [0.1, 0.15) is 5.82 Å². The Morgan fingerprint density at radius 1 is 1.12 bits per heavy atom. The summed E-state index contributed by atoms with van der Waals surface area (Å²) >= 11 is 0. The van der Waals surface area contributed by atoms with E-state index in [0.717, 1.165) is 0 Å². The summed E-state index contributed by atoms with van der Waals surface area (Å²) in [5.74, 6) is -1.02. The summed E-state index contributed by atoms with van der Waals surface area (Å²) in [7, 11) is 0. The number of nitrogens with one attached hydrogen (secondary N) is 1. The fraction of sp³-hybridized carbons (Fsp3) is 0.300. The molecule has 0 aromatic heterocycles. The van der Waals surface area contributed by atoms with Crippen molar-refractivity contribution >= 4 is 17.5 Å². The first kappa shape index (κ1) is 18.1. The van der Waals surface area contributed by atoms with Gasteiger partial charge in [-0.05, 0) is 50.2 Å². The van der Waals surface area contributed by atoms with Crippen molar-refractivity contribution in [1.29, 1.82) is 0 Å². The molecule has 136 valence electrons. The third-order valence-electron chi connectivity index (χ3n) is 4.34. The van der Waals surface area contributed by atoms with E-state index in [1.807, 2.05) is 13.8 Å². The summed E-state index contributed by atoms with van der Waals surface area (Å²) in [4.78, 5) is 26.9. The maximum atomic E-state index is 13.3. The van der Waals surface area contributed by atoms with Gasteiger partial charge in [0.15, 0.2) is 0 Å². The average molecular weight is 356 g/mol. The molecule has 5 nitrogen and oxygen atoms in total. The molecular formula is C20H21FN2O3. The molecule has 0 bridgehead atoms. The molecule has 1 aliphatic heterocycles. The van der Waals surface area contributed by atoms with Crippen LogP contribution in [0.1, 0.15) is 34.6 Å². The van der Waals surface area contributed by atoms with Crippen LogP contribution in [0.5, 0.6) is 0 Å². The molecule has 0 radical (unpaired) electrons. The number of anilines is 1. The van der Waals surface area contributed by atoms with Gasteiger partial charge >= 0.3 is 0 Å². The Labute approximate surface area is 151 Å². The van der Waals surface area contributed by atoms with Gasteiger partial charge in [0, 0.05) is 23.4 Å². The number of carbonyl (C=O) groups is 2. The standard InChI is InChI=1S/C20H21FN2O3/c1-20(2)13-26-10-9-23(20)19(25)15-6-4-8-17(12-15)22-18(24)14-5-3-7-16(21)11-14/h3-8,11-12H,9-10,13H2,1-2H3,(H,22,24). The highest BCUT2D eigenvalue weighted by atomic mass is 19.1. The molecular weight excluding hydrogens is 335 g/mol. The lowest BCUT2D eigenvalue weighted by Gasteiger charge is -2.42. The molecule has 1 N–H and O–H groups in total. The summed E-state index contributed by atoms with van der Waals surface area (Å²) in [5.41, 5.74) is 0.792. The van der Waals surface area contributed by atoms with E-state index < -0.39 is 17.3 Å². The zero-order valence-corrected chi connectivity index (χ0v) is 14.8. The maximum absolute atomic E-state index is 13.3. The van der Waals surface area contributed by atoms with Gasteiger partial charge in [-0.15, -0.1) is 0 Å². The van der Waals surface area contributed by atoms with Crippen molar-refractivity contribution in [3.05, 3.63) is 65.5 Å². The van der Waals surface area contributed by atoms with Crippen molar-refractivity contribution in [2.24, 2.45) is 0 Å². The van der Waals surface area contributed by atoms with Gasteiger partial charge < -0.3 is 15.0 Å². The van der Waals surface area contributed by atoms with Gasteiger partial charge in [-0.1, -0.05) is 12.1 Å². The van der Waals surface area contributed by atoms with Gasteiger partial charge in [0.25, 0.3) is 11.8 Å². The van der Waals surface area contributed by atoms with Crippen molar-refractivity contribution < 1.29 is 18.7 Å². The Bertz CT molecular complexity index is 835. The number of nitrogens with zero attached hydrogens (tertiary/aromatic N) is 1. The third kappa shape index (κ3) is 3.91. The Hall–Kier alpha value is -2.73. The topological polar surface area (TPSA) is 58.6 Å². The molecule has 3 rings (SSSR count). The Balaban J connectivity index is 1.78. The van der Waals surface area contributed by atoms with Crippen LogP contribution in [-0.4, -0.2) is 42.0 Å². The molecule has 2 amide bonds. The summed E-state index contributed by atoms with van der Waals surface area (Å²) in [6, 6.07) is 12.2. The van der Waals surface area contributed by atoms with Crippen molar-refractivity contribution in [2.45, 2.75) is 19.4 Å².